The number of hydrogen-bond acceptors (Lipinski definition) is 12. The highest BCUT2D eigenvalue weighted by molar-refractivity contribution is 7.43. The maximum atomic E-state index is 12.6. The first-order chi connectivity index (χ1) is 16.8. The van der Waals surface area contributed by atoms with Gasteiger partial charge in [-0.15, -0.1) is 0 Å². The van der Waals surface area contributed by atoms with Gasteiger partial charge in [-0.25, -0.2) is 19.6 Å². The van der Waals surface area contributed by atoms with Crippen LogP contribution in [-0.2, 0) is 14.1 Å². The van der Waals surface area contributed by atoms with E-state index in [1.807, 2.05) is 6.07 Å². The third kappa shape index (κ3) is 5.78. The van der Waals surface area contributed by atoms with Crippen molar-refractivity contribution in [2.45, 2.75) is 24.5 Å². The lowest BCUT2D eigenvalue weighted by Gasteiger charge is -2.28. The number of nitrogens with two attached hydrogens (primary N) is 2. The number of amides is 1. The molecular formula is C20H27N8O6P. The summed E-state index contributed by atoms with van der Waals surface area (Å²) >= 11 is 0. The van der Waals surface area contributed by atoms with Crippen LogP contribution in [0.2, 0.25) is 0 Å². The Balaban J connectivity index is 1.48. The minimum absolute atomic E-state index is 0.00404. The molecule has 1 unspecified atom stereocenters. The van der Waals surface area contributed by atoms with E-state index in [1.54, 1.807) is 35.9 Å². The average Bonchev–Trinajstić information content (AvgIpc) is 3.40. The van der Waals surface area contributed by atoms with E-state index in [0.717, 1.165) is 0 Å². The third-order valence-electron chi connectivity index (χ3n) is 5.42. The molecule has 1 fully saturated rings. The maximum absolute atomic E-state index is 12.6. The molecule has 7 N–H and O–H groups in total. The molecule has 188 valence electrons. The number of nitrogens with zero attached hydrogens (tertiary/aromatic N) is 5. The molecule has 0 aliphatic carbocycles. The van der Waals surface area contributed by atoms with Crippen LogP contribution in [-0.4, -0.2) is 79.1 Å². The molecular weight excluding hydrogens is 479 g/mol. The summed E-state index contributed by atoms with van der Waals surface area (Å²) < 4.78 is 18.2. The van der Waals surface area contributed by atoms with Crippen molar-refractivity contribution in [1.82, 2.24) is 24.6 Å². The van der Waals surface area contributed by atoms with Crippen molar-refractivity contribution < 1.29 is 28.9 Å². The number of aliphatic hydroxyl groups is 1. The maximum Gasteiger partial charge on any atom is 0.268 e. The van der Waals surface area contributed by atoms with Gasteiger partial charge in [0, 0.05) is 32.1 Å². The molecule has 3 aromatic rings. The van der Waals surface area contributed by atoms with Gasteiger partial charge in [0.15, 0.2) is 22.8 Å². The molecule has 1 aliphatic heterocycles. The quantitative estimate of drug-likeness (QED) is 0.141. The van der Waals surface area contributed by atoms with Crippen LogP contribution in [0, 0.1) is 0 Å². The Morgan fingerprint density at radius 2 is 2.14 bits per heavy atom. The van der Waals surface area contributed by atoms with E-state index in [4.69, 9.17) is 30.2 Å². The summed E-state index contributed by atoms with van der Waals surface area (Å²) in [7, 11) is -0.473. The summed E-state index contributed by atoms with van der Waals surface area (Å²) in [6.45, 7) is 0.294. The van der Waals surface area contributed by atoms with Crippen LogP contribution in [0.3, 0.4) is 0 Å². The van der Waals surface area contributed by atoms with Gasteiger partial charge in [0.2, 0.25) is 0 Å². The summed E-state index contributed by atoms with van der Waals surface area (Å²) in [4.78, 5) is 34.5. The topological polar surface area (TPSA) is 196 Å². The van der Waals surface area contributed by atoms with Gasteiger partial charge < -0.3 is 30.5 Å². The number of hydroxylamine groups is 2. The molecule has 3 heterocycles. The molecule has 14 nitrogen and oxygen atoms in total. The fraction of sp³-hybridized carbons (Fsp3) is 0.400. The van der Waals surface area contributed by atoms with Crippen molar-refractivity contribution in [2.24, 2.45) is 11.2 Å². The highest BCUT2D eigenvalue weighted by Gasteiger charge is 2.49. The fourth-order valence-corrected chi connectivity index (χ4v) is 4.11. The van der Waals surface area contributed by atoms with E-state index >= 15 is 0 Å². The first kappa shape index (κ1) is 25.4. The molecule has 4 atom stereocenters. The molecule has 15 heteroatoms. The number of ether oxygens (including phenoxy) is 2. The van der Waals surface area contributed by atoms with E-state index in [-0.39, 0.29) is 37.8 Å². The lowest BCUT2D eigenvalue weighted by molar-refractivity contribution is -0.232. The largest absolute Gasteiger partial charge is 0.363 e. The summed E-state index contributed by atoms with van der Waals surface area (Å²) in [5, 5.41) is 15.2. The SMILES string of the molecule is CN(CCO[C@]1(O)C[C@H](n2cnc3c(NC(=O)c4ccccc4)ncnc32)O[C@@H]1CN)OP(N)O. The fourth-order valence-electron chi connectivity index (χ4n) is 3.74. The summed E-state index contributed by atoms with van der Waals surface area (Å²) in [6, 6.07) is 8.73. The van der Waals surface area contributed by atoms with Crippen LogP contribution in [0.4, 0.5) is 5.82 Å². The minimum atomic E-state index is -2.05. The Bertz CT molecular complexity index is 1150. The van der Waals surface area contributed by atoms with Gasteiger partial charge in [-0.3, -0.25) is 14.9 Å². The van der Waals surface area contributed by atoms with Crippen LogP contribution >= 0.6 is 8.53 Å². The molecule has 1 saturated heterocycles. The zero-order valence-corrected chi connectivity index (χ0v) is 19.8. The highest BCUT2D eigenvalue weighted by atomic mass is 31.2. The summed E-state index contributed by atoms with van der Waals surface area (Å²) in [5.74, 6) is -1.77. The molecule has 1 amide bonds. The highest BCUT2D eigenvalue weighted by Crippen LogP contribution is 2.38. The molecule has 2 aromatic heterocycles. The second-order valence-electron chi connectivity index (χ2n) is 7.81. The standard InChI is InChI=1S/C20H27N8O6P/c1-27(34-35(22)31)7-8-32-20(30)9-15(33-14(20)10-21)28-12-25-16-17(23-11-24-18(16)28)26-19(29)13-5-3-2-4-6-13/h2-6,11-12,14-15,30-31H,7-10,21-22H2,1H3,(H,23,24,26,29)/t14-,15-,20-,35?/m1/s1. The number of anilines is 1. The Labute approximate surface area is 201 Å². The number of carbonyl (C=O) groups is 1. The number of rotatable bonds is 10. The van der Waals surface area contributed by atoms with E-state index in [1.165, 1.54) is 17.7 Å². The zero-order valence-electron chi connectivity index (χ0n) is 18.9. The van der Waals surface area contributed by atoms with Crippen LogP contribution in [0.1, 0.15) is 23.0 Å². The van der Waals surface area contributed by atoms with E-state index in [0.29, 0.717) is 16.7 Å². The van der Waals surface area contributed by atoms with Crippen LogP contribution in [0.25, 0.3) is 11.2 Å². The first-order valence-electron chi connectivity index (χ1n) is 10.7. The van der Waals surface area contributed by atoms with Gasteiger partial charge in [-0.1, -0.05) is 18.2 Å². The zero-order chi connectivity index (χ0) is 25.0. The van der Waals surface area contributed by atoms with Crippen LogP contribution < -0.4 is 16.6 Å². The van der Waals surface area contributed by atoms with Crippen molar-refractivity contribution >= 4 is 31.4 Å². The number of carbonyl (C=O) groups excluding carboxylic acids is 1. The van der Waals surface area contributed by atoms with Gasteiger partial charge in [0.05, 0.1) is 12.9 Å². The average molecular weight is 506 g/mol. The van der Waals surface area contributed by atoms with Crippen molar-refractivity contribution in [3.63, 3.8) is 0 Å². The minimum Gasteiger partial charge on any atom is -0.363 e. The van der Waals surface area contributed by atoms with E-state index in [2.05, 4.69) is 20.3 Å². The number of likely N-dealkylation sites (N-methyl/N-ethyl adjacent to an activating group) is 1. The summed E-state index contributed by atoms with van der Waals surface area (Å²) in [5.41, 5.74) is 12.3. The lowest BCUT2D eigenvalue weighted by atomic mass is 10.1. The van der Waals surface area contributed by atoms with Gasteiger partial charge in [0.1, 0.15) is 18.7 Å². The molecule has 4 rings (SSSR count). The van der Waals surface area contributed by atoms with Crippen molar-refractivity contribution in [3.05, 3.63) is 48.5 Å². The third-order valence-corrected chi connectivity index (χ3v) is 5.87. The molecule has 0 bridgehead atoms. The second kappa shape index (κ2) is 11.0. The Morgan fingerprint density at radius 1 is 1.37 bits per heavy atom. The number of imidazole rings is 1. The van der Waals surface area contributed by atoms with Crippen LogP contribution in [0.15, 0.2) is 43.0 Å². The number of nitrogens with one attached hydrogen (secondary N) is 1. The number of benzene rings is 1. The Kier molecular flexibility index (Phi) is 7.96. The van der Waals surface area contributed by atoms with E-state index < -0.39 is 26.6 Å². The Morgan fingerprint density at radius 3 is 2.86 bits per heavy atom. The van der Waals surface area contributed by atoms with Crippen molar-refractivity contribution in [3.8, 4) is 0 Å². The van der Waals surface area contributed by atoms with Crippen molar-refractivity contribution in [1.29, 1.82) is 0 Å². The predicted molar refractivity (Wildman–Crippen MR) is 125 cm³/mol. The van der Waals surface area contributed by atoms with Gasteiger partial charge in [-0.2, -0.15) is 5.06 Å². The molecule has 1 aliphatic rings. The number of fused-ring (bicyclic) bond motifs is 1. The van der Waals surface area contributed by atoms with E-state index in [9.17, 15) is 9.90 Å². The predicted octanol–water partition coefficient (Wildman–Crippen LogP) is 0.0713. The first-order valence-corrected chi connectivity index (χ1v) is 12.0. The molecule has 0 saturated carbocycles. The van der Waals surface area contributed by atoms with Crippen molar-refractivity contribution in [2.75, 3.05) is 32.1 Å². The normalized spacial score (nSPS) is 23.1. The second-order valence-corrected chi connectivity index (χ2v) is 8.58. The smallest absolute Gasteiger partial charge is 0.268 e. The van der Waals surface area contributed by atoms with Gasteiger partial charge >= 0.3 is 0 Å². The monoisotopic (exact) mass is 506 g/mol. The van der Waals surface area contributed by atoms with Gasteiger partial charge in [-0.05, 0) is 12.1 Å². The van der Waals surface area contributed by atoms with Crippen LogP contribution in [0.5, 0.6) is 0 Å². The molecule has 0 spiro atoms. The lowest BCUT2D eigenvalue weighted by Crippen LogP contribution is -2.46. The molecule has 1 aromatic carbocycles. The molecule has 35 heavy (non-hydrogen) atoms. The molecule has 0 radical (unpaired) electrons. The van der Waals surface area contributed by atoms with Gasteiger partial charge in [0.25, 0.3) is 14.4 Å². The Hall–Kier alpha value is -2.65. The number of hydrogen-bond donors (Lipinski definition) is 5. The summed E-state index contributed by atoms with van der Waals surface area (Å²) in [6.07, 6.45) is 1.34. The number of aromatic nitrogens is 4.